The molecule has 3 aromatic rings. The molecule has 1 amide bonds. The second kappa shape index (κ2) is 5.77. The second-order valence-corrected chi connectivity index (χ2v) is 6.84. The largest absolute Gasteiger partial charge is 0.410 e. The van der Waals surface area contributed by atoms with Crippen molar-refractivity contribution in [3.8, 4) is 16.9 Å². The second-order valence-electron chi connectivity index (χ2n) is 6.84. The lowest BCUT2D eigenvalue weighted by molar-refractivity contribution is 0.210. The van der Waals surface area contributed by atoms with Crippen molar-refractivity contribution >= 4 is 22.8 Å². The molecule has 0 saturated carbocycles. The number of fused-ring (bicyclic) bond motifs is 1. The van der Waals surface area contributed by atoms with Gasteiger partial charge in [0.05, 0.1) is 0 Å². The molecule has 7 heteroatoms. The number of halogens is 1. The third-order valence-electron chi connectivity index (χ3n) is 4.02. The Balaban J connectivity index is 2.18. The van der Waals surface area contributed by atoms with Crippen molar-refractivity contribution < 1.29 is 13.9 Å². The number of aromatic nitrogens is 2. The summed E-state index contributed by atoms with van der Waals surface area (Å²) in [7, 11) is 0. The van der Waals surface area contributed by atoms with E-state index in [0.717, 1.165) is 5.56 Å². The number of benzene rings is 2. The number of carbonyl (C=O) groups excluding carboxylic acids is 1. The summed E-state index contributed by atoms with van der Waals surface area (Å²) < 4.78 is 20.0. The first-order chi connectivity index (χ1) is 11.7. The molecule has 5 N–H and O–H groups in total. The van der Waals surface area contributed by atoms with Crippen LogP contribution < -0.4 is 16.2 Å². The van der Waals surface area contributed by atoms with Gasteiger partial charge in [0.1, 0.15) is 11.3 Å². The molecule has 0 aliphatic heterocycles. The van der Waals surface area contributed by atoms with Crippen molar-refractivity contribution in [1.82, 2.24) is 10.2 Å². The summed E-state index contributed by atoms with van der Waals surface area (Å²) >= 11 is 0. The number of nitrogens with zero attached hydrogens (tertiary/aromatic N) is 1. The van der Waals surface area contributed by atoms with Crippen LogP contribution in [0, 0.1) is 5.82 Å². The van der Waals surface area contributed by atoms with Crippen molar-refractivity contribution in [3.05, 3.63) is 41.7 Å². The molecule has 0 aliphatic rings. The maximum absolute atomic E-state index is 14.9. The Hall–Kier alpha value is -3.09. The third-order valence-corrected chi connectivity index (χ3v) is 4.02. The summed E-state index contributed by atoms with van der Waals surface area (Å²) in [5.74, 6) is 0.169. The van der Waals surface area contributed by atoms with Crippen molar-refractivity contribution in [3.63, 3.8) is 0 Å². The van der Waals surface area contributed by atoms with Gasteiger partial charge in [-0.3, -0.25) is 5.10 Å². The number of H-pyrrole nitrogens is 1. The molecule has 0 bridgehead atoms. The molecule has 0 spiro atoms. The zero-order chi connectivity index (χ0) is 18.4. The lowest BCUT2D eigenvalue weighted by Crippen LogP contribution is -2.20. The van der Waals surface area contributed by atoms with Crippen LogP contribution in [0.5, 0.6) is 5.75 Å². The highest BCUT2D eigenvalue weighted by atomic mass is 19.1. The molecule has 1 aromatic heterocycles. The summed E-state index contributed by atoms with van der Waals surface area (Å²) in [6.45, 7) is 5.90. The van der Waals surface area contributed by atoms with Crippen LogP contribution in [-0.2, 0) is 5.41 Å². The first kappa shape index (κ1) is 16.8. The van der Waals surface area contributed by atoms with Gasteiger partial charge >= 0.3 is 6.09 Å². The Kier molecular flexibility index (Phi) is 3.87. The third kappa shape index (κ3) is 3.00. The fraction of sp³-hybridized carbons (Fsp3) is 0.222. The fourth-order valence-corrected chi connectivity index (χ4v) is 2.78. The predicted octanol–water partition coefficient (Wildman–Crippen LogP) is 3.71. The van der Waals surface area contributed by atoms with Crippen molar-refractivity contribution in [2.45, 2.75) is 26.2 Å². The summed E-state index contributed by atoms with van der Waals surface area (Å²) in [6.07, 6.45) is -0.890. The van der Waals surface area contributed by atoms with Crippen LogP contribution in [0.1, 0.15) is 26.3 Å². The normalized spacial score (nSPS) is 11.7. The number of nitrogens with one attached hydrogen (secondary N) is 1. The van der Waals surface area contributed by atoms with E-state index in [0.29, 0.717) is 22.3 Å². The number of hydrogen-bond donors (Lipinski definition) is 3. The molecule has 3 rings (SSSR count). The van der Waals surface area contributed by atoms with Gasteiger partial charge in [-0.1, -0.05) is 32.9 Å². The molecule has 2 aromatic carbocycles. The number of nitrogen functional groups attached to an aromatic ring is 1. The maximum Gasteiger partial charge on any atom is 0.409 e. The minimum atomic E-state index is -0.890. The molecular formula is C18H19FN4O2. The number of rotatable bonds is 2. The van der Waals surface area contributed by atoms with Crippen LogP contribution in [0.2, 0.25) is 0 Å². The minimum absolute atomic E-state index is 0.251. The Bertz CT molecular complexity index is 973. The molecule has 6 nitrogen and oxygen atoms in total. The van der Waals surface area contributed by atoms with E-state index in [9.17, 15) is 9.18 Å². The number of hydrogen-bond acceptors (Lipinski definition) is 4. The van der Waals surface area contributed by atoms with Crippen molar-refractivity contribution in [2.75, 3.05) is 5.73 Å². The van der Waals surface area contributed by atoms with E-state index in [1.54, 1.807) is 30.3 Å². The summed E-state index contributed by atoms with van der Waals surface area (Å²) in [5, 5.41) is 6.98. The van der Waals surface area contributed by atoms with Gasteiger partial charge in [-0.2, -0.15) is 5.10 Å². The predicted molar refractivity (Wildman–Crippen MR) is 94.8 cm³/mol. The topological polar surface area (TPSA) is 107 Å². The lowest BCUT2D eigenvalue weighted by Gasteiger charge is -2.23. The van der Waals surface area contributed by atoms with Crippen LogP contribution in [0.15, 0.2) is 30.3 Å². The van der Waals surface area contributed by atoms with Gasteiger partial charge in [0, 0.05) is 16.5 Å². The molecule has 0 aliphatic carbocycles. The van der Waals surface area contributed by atoms with Crippen LogP contribution >= 0.6 is 0 Å². The minimum Gasteiger partial charge on any atom is -0.410 e. The first-order valence-electron chi connectivity index (χ1n) is 7.72. The van der Waals surface area contributed by atoms with Gasteiger partial charge in [-0.15, -0.1) is 0 Å². The monoisotopic (exact) mass is 342 g/mol. The number of anilines is 1. The quantitative estimate of drug-likeness (QED) is 0.660. The van der Waals surface area contributed by atoms with Gasteiger partial charge in [-0.05, 0) is 29.2 Å². The molecule has 25 heavy (non-hydrogen) atoms. The SMILES string of the molecule is CC(C)(C)c1cc(-c2ccc3c(N)n[nH]c3c2F)ccc1OC(N)=O. The lowest BCUT2D eigenvalue weighted by atomic mass is 9.84. The van der Waals surface area contributed by atoms with Crippen LogP contribution in [-0.4, -0.2) is 16.3 Å². The molecule has 0 unspecified atom stereocenters. The average molecular weight is 342 g/mol. The highest BCUT2D eigenvalue weighted by molar-refractivity contribution is 5.92. The van der Waals surface area contributed by atoms with Crippen LogP contribution in [0.4, 0.5) is 15.0 Å². The van der Waals surface area contributed by atoms with E-state index >= 15 is 0 Å². The zero-order valence-corrected chi connectivity index (χ0v) is 14.2. The molecular weight excluding hydrogens is 323 g/mol. The number of ether oxygens (including phenoxy) is 1. The smallest absolute Gasteiger partial charge is 0.409 e. The Morgan fingerprint density at radius 2 is 1.96 bits per heavy atom. The van der Waals surface area contributed by atoms with E-state index in [-0.39, 0.29) is 16.7 Å². The molecule has 0 fully saturated rings. The summed E-state index contributed by atoms with van der Waals surface area (Å²) in [5.41, 5.74) is 12.5. The number of carbonyl (C=O) groups is 1. The summed E-state index contributed by atoms with van der Waals surface area (Å²) in [6, 6.07) is 8.46. The first-order valence-corrected chi connectivity index (χ1v) is 7.72. The molecule has 130 valence electrons. The van der Waals surface area contributed by atoms with Crippen molar-refractivity contribution in [1.29, 1.82) is 0 Å². The van der Waals surface area contributed by atoms with Gasteiger partial charge in [-0.25, -0.2) is 9.18 Å². The van der Waals surface area contributed by atoms with Gasteiger partial charge in [0.2, 0.25) is 0 Å². The van der Waals surface area contributed by atoms with Gasteiger partial charge < -0.3 is 16.2 Å². The highest BCUT2D eigenvalue weighted by Gasteiger charge is 2.22. The summed E-state index contributed by atoms with van der Waals surface area (Å²) in [4.78, 5) is 11.1. The highest BCUT2D eigenvalue weighted by Crippen LogP contribution is 2.37. The number of amides is 1. The van der Waals surface area contributed by atoms with E-state index in [4.69, 9.17) is 16.2 Å². The number of nitrogens with two attached hydrogens (primary N) is 2. The fourth-order valence-electron chi connectivity index (χ4n) is 2.78. The van der Waals surface area contributed by atoms with Crippen LogP contribution in [0.25, 0.3) is 22.0 Å². The average Bonchev–Trinajstić information content (AvgIpc) is 2.89. The molecule has 0 atom stereocenters. The Labute approximate surface area is 144 Å². The molecule has 1 heterocycles. The molecule has 0 saturated heterocycles. The van der Waals surface area contributed by atoms with Gasteiger partial charge in [0.25, 0.3) is 0 Å². The maximum atomic E-state index is 14.9. The van der Waals surface area contributed by atoms with Gasteiger partial charge in [0.15, 0.2) is 11.6 Å². The van der Waals surface area contributed by atoms with E-state index < -0.39 is 11.9 Å². The van der Waals surface area contributed by atoms with E-state index in [1.165, 1.54) is 0 Å². The van der Waals surface area contributed by atoms with Crippen LogP contribution in [0.3, 0.4) is 0 Å². The molecule has 0 radical (unpaired) electrons. The zero-order valence-electron chi connectivity index (χ0n) is 14.2. The number of aromatic amines is 1. The van der Waals surface area contributed by atoms with Crippen molar-refractivity contribution in [2.24, 2.45) is 5.73 Å². The Morgan fingerprint density at radius 3 is 2.60 bits per heavy atom. The standard InChI is InChI=1S/C18H19FN4O2/c1-18(2,3)12-8-9(4-7-13(12)25-17(21)24)10-5-6-11-15(14(10)19)22-23-16(11)20/h4-8H,1-3H3,(H2,21,24)(H3,20,22,23). The van der Waals surface area contributed by atoms with E-state index in [1.807, 2.05) is 20.8 Å². The van der Waals surface area contributed by atoms with E-state index in [2.05, 4.69) is 10.2 Å². The number of primary amides is 1. The Morgan fingerprint density at radius 1 is 1.24 bits per heavy atom.